The normalized spacial score (nSPS) is 18.8. The lowest BCUT2D eigenvalue weighted by molar-refractivity contribution is -0.265. The molecule has 2 amide bonds. The van der Waals surface area contributed by atoms with Crippen molar-refractivity contribution in [3.05, 3.63) is 71.2 Å². The summed E-state index contributed by atoms with van der Waals surface area (Å²) in [5, 5.41) is 25.3. The number of alkyl halides is 3. The average Bonchev–Trinajstić information content (AvgIpc) is 3.77. The first-order valence-corrected chi connectivity index (χ1v) is 14.1. The van der Waals surface area contributed by atoms with Crippen molar-refractivity contribution in [2.75, 3.05) is 33.5 Å². The van der Waals surface area contributed by atoms with Crippen LogP contribution >= 0.6 is 0 Å². The standard InChI is InChI=1S/C31H31F4N3O7/c1-29(28(41)37-20-8-9-20)16-45-26-21(29)14-24(38-25(26)17-3-6-19(32)7-4-17)30(42,31(33,34)35)15-36-27(40)18-5-10-22(44-12-11-39)23(13-18)43-2/h3-7,10,13-14,20,39,42H,8-9,11-12,15-16H2,1-2H3,(H,36,40)(H,37,41)/t29-,30?/m0/s1. The first-order valence-electron chi connectivity index (χ1n) is 14.1. The van der Waals surface area contributed by atoms with Crippen LogP contribution in [0.4, 0.5) is 17.6 Å². The topological polar surface area (TPSA) is 139 Å². The zero-order chi connectivity index (χ0) is 32.6. The molecule has 0 radical (unpaired) electrons. The van der Waals surface area contributed by atoms with Crippen LogP contribution in [0.2, 0.25) is 0 Å². The minimum absolute atomic E-state index is 0.0305. The molecule has 3 aromatic rings. The fraction of sp³-hybridized carbons (Fsp3) is 0.387. The zero-order valence-electron chi connectivity index (χ0n) is 24.3. The van der Waals surface area contributed by atoms with Gasteiger partial charge in [-0.25, -0.2) is 9.37 Å². The number of nitrogens with zero attached hydrogens (tertiary/aromatic N) is 1. The highest BCUT2D eigenvalue weighted by molar-refractivity contribution is 5.95. The number of fused-ring (bicyclic) bond motifs is 1. The molecule has 1 aliphatic heterocycles. The van der Waals surface area contributed by atoms with Gasteiger partial charge in [-0.1, -0.05) is 0 Å². The summed E-state index contributed by atoms with van der Waals surface area (Å²) in [4.78, 5) is 30.4. The van der Waals surface area contributed by atoms with Gasteiger partial charge in [-0.3, -0.25) is 9.59 Å². The summed E-state index contributed by atoms with van der Waals surface area (Å²) in [6.45, 7) is -0.370. The molecule has 2 aromatic carbocycles. The highest BCUT2D eigenvalue weighted by atomic mass is 19.4. The summed E-state index contributed by atoms with van der Waals surface area (Å²) in [5.74, 6) is -1.71. The number of carbonyl (C=O) groups excluding carboxylic acids is 2. The van der Waals surface area contributed by atoms with Crippen molar-refractivity contribution in [1.29, 1.82) is 0 Å². The van der Waals surface area contributed by atoms with Crippen molar-refractivity contribution in [2.45, 2.75) is 43.0 Å². The number of aliphatic hydroxyl groups excluding tert-OH is 1. The third-order valence-corrected chi connectivity index (χ3v) is 7.78. The molecule has 0 bridgehead atoms. The molecule has 1 saturated carbocycles. The Morgan fingerprint density at radius 2 is 1.82 bits per heavy atom. The van der Waals surface area contributed by atoms with Crippen molar-refractivity contribution < 1.29 is 51.6 Å². The molecular weight excluding hydrogens is 602 g/mol. The van der Waals surface area contributed by atoms with Crippen LogP contribution in [-0.4, -0.2) is 72.7 Å². The van der Waals surface area contributed by atoms with E-state index in [2.05, 4.69) is 15.6 Å². The minimum atomic E-state index is -5.35. The number of carbonyl (C=O) groups is 2. The van der Waals surface area contributed by atoms with Crippen molar-refractivity contribution >= 4 is 11.8 Å². The molecule has 1 aromatic heterocycles. The van der Waals surface area contributed by atoms with E-state index in [0.717, 1.165) is 31.0 Å². The number of ether oxygens (including phenoxy) is 3. The Bertz CT molecular complexity index is 1600. The second-order valence-electron chi connectivity index (χ2n) is 11.1. The fourth-order valence-corrected chi connectivity index (χ4v) is 4.89. The van der Waals surface area contributed by atoms with E-state index >= 15 is 0 Å². The summed E-state index contributed by atoms with van der Waals surface area (Å²) < 4.78 is 74.3. The van der Waals surface area contributed by atoms with Crippen LogP contribution in [0.1, 0.15) is 41.4 Å². The average molecular weight is 634 g/mol. The van der Waals surface area contributed by atoms with E-state index in [9.17, 15) is 32.3 Å². The molecular formula is C31H31F4N3O7. The van der Waals surface area contributed by atoms with Gasteiger partial charge >= 0.3 is 6.18 Å². The van der Waals surface area contributed by atoms with Gasteiger partial charge in [0.1, 0.15) is 35.9 Å². The quantitative estimate of drug-likeness (QED) is 0.236. The number of amides is 2. The largest absolute Gasteiger partial charge is 0.493 e. The Balaban J connectivity index is 1.54. The van der Waals surface area contributed by atoms with E-state index in [1.807, 2.05) is 0 Å². The Morgan fingerprint density at radius 1 is 1.11 bits per heavy atom. The molecule has 0 saturated heterocycles. The van der Waals surface area contributed by atoms with Gasteiger partial charge in [0.15, 0.2) is 11.5 Å². The summed E-state index contributed by atoms with van der Waals surface area (Å²) in [5.41, 5.74) is -6.04. The highest BCUT2D eigenvalue weighted by Crippen LogP contribution is 2.48. The van der Waals surface area contributed by atoms with Crippen LogP contribution in [0, 0.1) is 5.82 Å². The molecule has 2 aliphatic rings. The highest BCUT2D eigenvalue weighted by Gasteiger charge is 2.58. The number of aromatic nitrogens is 1. The Labute approximate surface area is 255 Å². The fourth-order valence-electron chi connectivity index (χ4n) is 4.89. The van der Waals surface area contributed by atoms with Crippen LogP contribution in [0.3, 0.4) is 0 Å². The monoisotopic (exact) mass is 633 g/mol. The van der Waals surface area contributed by atoms with Crippen LogP contribution < -0.4 is 24.8 Å². The molecule has 1 unspecified atom stereocenters. The maximum absolute atomic E-state index is 14.7. The van der Waals surface area contributed by atoms with Gasteiger partial charge in [0.2, 0.25) is 11.5 Å². The van der Waals surface area contributed by atoms with Crippen LogP contribution in [0.5, 0.6) is 17.2 Å². The van der Waals surface area contributed by atoms with E-state index in [4.69, 9.17) is 19.3 Å². The summed E-state index contributed by atoms with van der Waals surface area (Å²) in [7, 11) is 1.30. The molecule has 1 fully saturated rings. The number of methoxy groups -OCH3 is 1. The lowest BCUT2D eigenvalue weighted by Crippen LogP contribution is -2.52. The molecule has 2 heterocycles. The molecule has 14 heteroatoms. The van der Waals surface area contributed by atoms with Crippen molar-refractivity contribution in [1.82, 2.24) is 15.6 Å². The van der Waals surface area contributed by atoms with E-state index in [1.54, 1.807) is 0 Å². The first kappa shape index (κ1) is 32.0. The number of pyridine rings is 1. The van der Waals surface area contributed by atoms with E-state index in [-0.39, 0.29) is 65.5 Å². The maximum atomic E-state index is 14.7. The zero-order valence-corrected chi connectivity index (χ0v) is 24.3. The van der Waals surface area contributed by atoms with Crippen LogP contribution in [0.25, 0.3) is 11.3 Å². The lowest BCUT2D eigenvalue weighted by Gasteiger charge is -2.31. The number of rotatable bonds is 11. The van der Waals surface area contributed by atoms with Crippen molar-refractivity contribution in [3.63, 3.8) is 0 Å². The van der Waals surface area contributed by atoms with Crippen LogP contribution in [-0.2, 0) is 15.8 Å². The molecule has 0 spiro atoms. The van der Waals surface area contributed by atoms with E-state index in [1.165, 1.54) is 44.4 Å². The summed E-state index contributed by atoms with van der Waals surface area (Å²) >= 11 is 0. The summed E-state index contributed by atoms with van der Waals surface area (Å²) in [6.07, 6.45) is -3.81. The van der Waals surface area contributed by atoms with Gasteiger partial charge in [0.25, 0.3) is 5.91 Å². The number of benzene rings is 2. The maximum Gasteiger partial charge on any atom is 0.424 e. The van der Waals surface area contributed by atoms with Gasteiger partial charge in [-0.15, -0.1) is 0 Å². The molecule has 10 nitrogen and oxygen atoms in total. The summed E-state index contributed by atoms with van der Waals surface area (Å²) in [6, 6.07) is 9.55. The smallest absolute Gasteiger partial charge is 0.424 e. The SMILES string of the molecule is COc1cc(C(=O)NCC(O)(c2cc3c(c(-c4ccc(F)cc4)n2)OC[C@]3(C)C(=O)NC2CC2)C(F)(F)F)ccc1OCCO. The Kier molecular flexibility index (Phi) is 8.64. The van der Waals surface area contributed by atoms with Crippen molar-refractivity contribution in [2.24, 2.45) is 0 Å². The number of nitrogens with one attached hydrogen (secondary N) is 2. The molecule has 5 rings (SSSR count). The number of hydrogen-bond donors (Lipinski definition) is 4. The van der Waals surface area contributed by atoms with Gasteiger partial charge in [-0.2, -0.15) is 13.2 Å². The van der Waals surface area contributed by atoms with Gasteiger partial charge < -0.3 is 35.1 Å². The second-order valence-corrected chi connectivity index (χ2v) is 11.1. The third kappa shape index (κ3) is 6.25. The van der Waals surface area contributed by atoms with E-state index < -0.39 is 47.1 Å². The second kappa shape index (κ2) is 12.2. The van der Waals surface area contributed by atoms with Crippen molar-refractivity contribution in [3.8, 4) is 28.5 Å². The predicted octanol–water partition coefficient (Wildman–Crippen LogP) is 3.38. The van der Waals surface area contributed by atoms with Crippen LogP contribution in [0.15, 0.2) is 48.5 Å². The molecule has 4 N–H and O–H groups in total. The van der Waals surface area contributed by atoms with Gasteiger partial charge in [0, 0.05) is 22.7 Å². The Hall–Kier alpha value is -4.43. The molecule has 45 heavy (non-hydrogen) atoms. The molecule has 240 valence electrons. The number of aliphatic hydroxyl groups is 2. The molecule has 1 aliphatic carbocycles. The number of hydrogen-bond acceptors (Lipinski definition) is 8. The Morgan fingerprint density at radius 3 is 2.44 bits per heavy atom. The minimum Gasteiger partial charge on any atom is -0.493 e. The molecule has 2 atom stereocenters. The third-order valence-electron chi connectivity index (χ3n) is 7.78. The predicted molar refractivity (Wildman–Crippen MR) is 152 cm³/mol. The van der Waals surface area contributed by atoms with Gasteiger partial charge in [0.05, 0.1) is 26.0 Å². The number of halogens is 4. The van der Waals surface area contributed by atoms with E-state index in [0.29, 0.717) is 0 Å². The first-order chi connectivity index (χ1) is 21.3. The van der Waals surface area contributed by atoms with Gasteiger partial charge in [-0.05, 0) is 68.3 Å². The lowest BCUT2D eigenvalue weighted by atomic mass is 9.81.